The highest BCUT2D eigenvalue weighted by atomic mass is 16.1. The van der Waals surface area contributed by atoms with Gasteiger partial charge in [-0.15, -0.1) is 0 Å². The number of H-pyrrole nitrogens is 1. The van der Waals surface area contributed by atoms with Gasteiger partial charge in [-0.1, -0.05) is 12.1 Å². The monoisotopic (exact) mass is 244 g/mol. The number of carbonyl (C=O) groups is 1. The lowest BCUT2D eigenvalue weighted by molar-refractivity contribution is 0.102. The largest absolute Gasteiger partial charge is 0.330 e. The van der Waals surface area contributed by atoms with Crippen molar-refractivity contribution in [2.45, 2.75) is 13.3 Å². The molecule has 0 aliphatic rings. The Bertz CT molecular complexity index is 530. The third-order valence-electron chi connectivity index (χ3n) is 2.60. The number of nitrogens with one attached hydrogen (secondary N) is 2. The molecule has 0 saturated heterocycles. The molecule has 1 aromatic heterocycles. The first-order chi connectivity index (χ1) is 8.69. The van der Waals surface area contributed by atoms with Gasteiger partial charge in [0.05, 0.1) is 0 Å². The molecule has 18 heavy (non-hydrogen) atoms. The lowest BCUT2D eigenvalue weighted by Gasteiger charge is -2.03. The number of nitrogens with zero attached hydrogens (tertiary/aromatic N) is 1. The van der Waals surface area contributed by atoms with Crippen molar-refractivity contribution in [2.24, 2.45) is 5.73 Å². The second-order valence-corrected chi connectivity index (χ2v) is 4.13. The Hall–Kier alpha value is -2.14. The van der Waals surface area contributed by atoms with Crippen LogP contribution in [0, 0.1) is 6.92 Å². The maximum absolute atomic E-state index is 11.9. The fraction of sp³-hybridized carbons (Fsp3) is 0.231. The summed E-state index contributed by atoms with van der Waals surface area (Å²) in [6.07, 6.45) is 0.820. The molecule has 1 amide bonds. The molecule has 5 nitrogen and oxygen atoms in total. The Morgan fingerprint density at radius 2 is 2.11 bits per heavy atom. The van der Waals surface area contributed by atoms with Crippen molar-refractivity contribution in [1.82, 2.24) is 10.2 Å². The van der Waals surface area contributed by atoms with Crippen LogP contribution in [0.2, 0.25) is 0 Å². The van der Waals surface area contributed by atoms with Gasteiger partial charge >= 0.3 is 0 Å². The molecule has 0 saturated carbocycles. The van der Waals surface area contributed by atoms with Crippen molar-refractivity contribution < 1.29 is 4.79 Å². The summed E-state index contributed by atoms with van der Waals surface area (Å²) in [4.78, 5) is 11.9. The zero-order valence-corrected chi connectivity index (χ0v) is 10.2. The fourth-order valence-electron chi connectivity index (χ4n) is 1.66. The first-order valence-corrected chi connectivity index (χ1v) is 5.81. The van der Waals surface area contributed by atoms with Crippen LogP contribution in [-0.4, -0.2) is 22.6 Å². The van der Waals surface area contributed by atoms with Crippen LogP contribution in [0.25, 0.3) is 0 Å². The van der Waals surface area contributed by atoms with E-state index in [2.05, 4.69) is 15.5 Å². The van der Waals surface area contributed by atoms with Gasteiger partial charge in [0.15, 0.2) is 5.82 Å². The normalized spacial score (nSPS) is 10.3. The number of aromatic nitrogens is 2. The molecular weight excluding hydrogens is 228 g/mol. The number of nitrogens with two attached hydrogens (primary N) is 1. The number of aromatic amines is 1. The highest BCUT2D eigenvalue weighted by Gasteiger charge is 2.07. The molecular formula is C13H16N4O. The molecule has 0 radical (unpaired) electrons. The smallest absolute Gasteiger partial charge is 0.256 e. The molecule has 2 aromatic rings. The molecule has 2 rings (SSSR count). The van der Waals surface area contributed by atoms with Gasteiger partial charge in [-0.3, -0.25) is 9.89 Å². The average Bonchev–Trinajstić information content (AvgIpc) is 2.76. The Kier molecular flexibility index (Phi) is 3.74. The SMILES string of the molecule is Cc1cc(NC(=O)c2ccc(CCN)cc2)n[nH]1. The van der Waals surface area contributed by atoms with Gasteiger partial charge in [-0.25, -0.2) is 0 Å². The maximum Gasteiger partial charge on any atom is 0.256 e. The molecule has 94 valence electrons. The number of hydrogen-bond acceptors (Lipinski definition) is 3. The predicted molar refractivity (Wildman–Crippen MR) is 70.5 cm³/mol. The molecule has 5 heteroatoms. The van der Waals surface area contributed by atoms with E-state index in [-0.39, 0.29) is 5.91 Å². The lowest BCUT2D eigenvalue weighted by atomic mass is 10.1. The van der Waals surface area contributed by atoms with Crippen molar-refractivity contribution in [3.8, 4) is 0 Å². The zero-order valence-electron chi connectivity index (χ0n) is 10.2. The summed E-state index contributed by atoms with van der Waals surface area (Å²) in [5.41, 5.74) is 8.12. The summed E-state index contributed by atoms with van der Waals surface area (Å²) < 4.78 is 0. The van der Waals surface area contributed by atoms with Crippen molar-refractivity contribution in [3.63, 3.8) is 0 Å². The maximum atomic E-state index is 11.9. The summed E-state index contributed by atoms with van der Waals surface area (Å²) >= 11 is 0. The predicted octanol–water partition coefficient (Wildman–Crippen LogP) is 1.47. The second-order valence-electron chi connectivity index (χ2n) is 4.13. The van der Waals surface area contributed by atoms with Crippen LogP contribution in [-0.2, 0) is 6.42 Å². The van der Waals surface area contributed by atoms with Crippen LogP contribution >= 0.6 is 0 Å². The standard InChI is InChI=1S/C13H16N4O/c1-9-8-12(17-16-9)15-13(18)11-4-2-10(3-5-11)6-7-14/h2-5,8H,6-7,14H2,1H3,(H2,15,16,17,18). The molecule has 4 N–H and O–H groups in total. The first kappa shape index (κ1) is 12.3. The van der Waals surface area contributed by atoms with Gasteiger partial charge in [0.2, 0.25) is 0 Å². The summed E-state index contributed by atoms with van der Waals surface area (Å²) in [5, 5.41) is 9.45. The van der Waals surface area contributed by atoms with Gasteiger partial charge in [0.25, 0.3) is 5.91 Å². The molecule has 0 fully saturated rings. The van der Waals surface area contributed by atoms with Gasteiger partial charge in [0.1, 0.15) is 0 Å². The minimum atomic E-state index is -0.166. The second kappa shape index (κ2) is 5.46. The quantitative estimate of drug-likeness (QED) is 0.761. The van der Waals surface area contributed by atoms with Crippen LogP contribution in [0.3, 0.4) is 0 Å². The van der Waals surface area contributed by atoms with Gasteiger partial charge < -0.3 is 11.1 Å². The van der Waals surface area contributed by atoms with Crippen molar-refractivity contribution in [3.05, 3.63) is 47.2 Å². The number of anilines is 1. The molecule has 0 bridgehead atoms. The molecule has 0 aliphatic carbocycles. The van der Waals surface area contributed by atoms with E-state index in [1.165, 1.54) is 0 Å². The Morgan fingerprint density at radius 1 is 1.39 bits per heavy atom. The van der Waals surface area contributed by atoms with Crippen molar-refractivity contribution >= 4 is 11.7 Å². The third-order valence-corrected chi connectivity index (χ3v) is 2.60. The van der Waals surface area contributed by atoms with E-state index in [1.54, 1.807) is 18.2 Å². The number of aryl methyl sites for hydroxylation is 1. The first-order valence-electron chi connectivity index (χ1n) is 5.81. The third kappa shape index (κ3) is 2.95. The summed E-state index contributed by atoms with van der Waals surface area (Å²) in [6.45, 7) is 2.49. The molecule has 0 aliphatic heterocycles. The van der Waals surface area contributed by atoms with Crippen molar-refractivity contribution in [2.75, 3.05) is 11.9 Å². The van der Waals surface area contributed by atoms with Crippen LogP contribution < -0.4 is 11.1 Å². The van der Waals surface area contributed by atoms with E-state index in [1.807, 2.05) is 19.1 Å². The van der Waals surface area contributed by atoms with E-state index >= 15 is 0 Å². The molecule has 0 unspecified atom stereocenters. The number of amides is 1. The van der Waals surface area contributed by atoms with E-state index in [9.17, 15) is 4.79 Å². The van der Waals surface area contributed by atoms with Gasteiger partial charge in [0, 0.05) is 17.3 Å². The van der Waals surface area contributed by atoms with E-state index in [0.717, 1.165) is 17.7 Å². The minimum absolute atomic E-state index is 0.166. The van der Waals surface area contributed by atoms with Crippen LogP contribution in [0.1, 0.15) is 21.6 Å². The van der Waals surface area contributed by atoms with Gasteiger partial charge in [-0.05, 0) is 37.6 Å². The molecule has 1 aromatic carbocycles. The Morgan fingerprint density at radius 3 is 2.67 bits per heavy atom. The van der Waals surface area contributed by atoms with Crippen LogP contribution in [0.5, 0.6) is 0 Å². The molecule has 0 atom stereocenters. The van der Waals surface area contributed by atoms with Gasteiger partial charge in [-0.2, -0.15) is 5.10 Å². The van der Waals surface area contributed by atoms with E-state index < -0.39 is 0 Å². The number of carbonyl (C=O) groups excluding carboxylic acids is 1. The topological polar surface area (TPSA) is 83.8 Å². The minimum Gasteiger partial charge on any atom is -0.330 e. The molecule has 1 heterocycles. The van der Waals surface area contributed by atoms with Crippen molar-refractivity contribution in [1.29, 1.82) is 0 Å². The highest BCUT2D eigenvalue weighted by molar-refractivity contribution is 6.03. The summed E-state index contributed by atoms with van der Waals surface area (Å²) in [6, 6.07) is 9.19. The van der Waals surface area contributed by atoms with Crippen LogP contribution in [0.15, 0.2) is 30.3 Å². The average molecular weight is 244 g/mol. The highest BCUT2D eigenvalue weighted by Crippen LogP contribution is 2.09. The Labute approximate surface area is 105 Å². The number of hydrogen-bond donors (Lipinski definition) is 3. The van der Waals surface area contributed by atoms with Crippen LogP contribution in [0.4, 0.5) is 5.82 Å². The number of rotatable bonds is 4. The summed E-state index contributed by atoms with van der Waals surface area (Å²) in [5.74, 6) is 0.365. The fourth-order valence-corrected chi connectivity index (χ4v) is 1.66. The van der Waals surface area contributed by atoms with E-state index in [0.29, 0.717) is 17.9 Å². The van der Waals surface area contributed by atoms with E-state index in [4.69, 9.17) is 5.73 Å². The number of benzene rings is 1. The summed E-state index contributed by atoms with van der Waals surface area (Å²) in [7, 11) is 0. The lowest BCUT2D eigenvalue weighted by Crippen LogP contribution is -2.12. The molecule has 0 spiro atoms. The zero-order chi connectivity index (χ0) is 13.0. The Balaban J connectivity index is 2.04.